The van der Waals surface area contributed by atoms with Gasteiger partial charge in [-0.1, -0.05) is 12.8 Å². The van der Waals surface area contributed by atoms with Crippen molar-refractivity contribution in [3.8, 4) is 0 Å². The summed E-state index contributed by atoms with van der Waals surface area (Å²) in [4.78, 5) is 9.65. The molecule has 4 nitrogen and oxygen atoms in total. The molecule has 1 aliphatic carbocycles. The molecule has 3 rings (SSSR count). The van der Waals surface area contributed by atoms with Crippen LogP contribution in [0.5, 0.6) is 0 Å². The summed E-state index contributed by atoms with van der Waals surface area (Å²) in [7, 11) is 4.10. The van der Waals surface area contributed by atoms with E-state index >= 15 is 0 Å². The van der Waals surface area contributed by atoms with E-state index in [0.717, 1.165) is 24.2 Å². The molecule has 0 aliphatic heterocycles. The standard InChI is InChI=1S/C18H24N4/c1-21-11-5-7-15(21)13-19-17-9-3-4-10-18(17)20-14-16-8-6-12-22(16)2/h5-8,11-14,17-18H,3-4,9-10H2,1-2H3. The number of aryl methyl sites for hydroxylation is 2. The third-order valence-corrected chi connectivity index (χ3v) is 4.46. The van der Waals surface area contributed by atoms with Crippen molar-refractivity contribution in [3.63, 3.8) is 0 Å². The maximum atomic E-state index is 4.82. The summed E-state index contributed by atoms with van der Waals surface area (Å²) in [6, 6.07) is 8.89. The molecule has 116 valence electrons. The Morgan fingerprint density at radius 1 is 0.864 bits per heavy atom. The summed E-state index contributed by atoms with van der Waals surface area (Å²) in [6.45, 7) is 0. The Labute approximate surface area is 132 Å². The third kappa shape index (κ3) is 3.38. The Morgan fingerprint density at radius 3 is 1.68 bits per heavy atom. The predicted molar refractivity (Wildman–Crippen MR) is 92.1 cm³/mol. The molecular formula is C18H24N4. The van der Waals surface area contributed by atoms with Crippen LogP contribution in [0, 0.1) is 0 Å². The molecule has 2 aromatic rings. The molecule has 2 aromatic heterocycles. The summed E-state index contributed by atoms with van der Waals surface area (Å²) in [6.07, 6.45) is 12.9. The van der Waals surface area contributed by atoms with Crippen LogP contribution >= 0.6 is 0 Å². The zero-order valence-corrected chi connectivity index (χ0v) is 13.4. The van der Waals surface area contributed by atoms with Crippen molar-refractivity contribution in [2.24, 2.45) is 24.1 Å². The van der Waals surface area contributed by atoms with Crippen LogP contribution < -0.4 is 0 Å². The van der Waals surface area contributed by atoms with Gasteiger partial charge >= 0.3 is 0 Å². The molecule has 0 bridgehead atoms. The first-order valence-electron chi connectivity index (χ1n) is 8.03. The number of rotatable bonds is 4. The van der Waals surface area contributed by atoms with Crippen molar-refractivity contribution < 1.29 is 0 Å². The van der Waals surface area contributed by atoms with Gasteiger partial charge in [0.1, 0.15) is 0 Å². The van der Waals surface area contributed by atoms with Crippen LogP contribution in [-0.2, 0) is 14.1 Å². The number of nitrogens with zero attached hydrogens (tertiary/aromatic N) is 4. The van der Waals surface area contributed by atoms with Gasteiger partial charge in [-0.2, -0.15) is 0 Å². The highest BCUT2D eigenvalue weighted by Gasteiger charge is 2.23. The summed E-state index contributed by atoms with van der Waals surface area (Å²) >= 11 is 0. The number of aromatic nitrogens is 2. The fraction of sp³-hybridized carbons (Fsp3) is 0.444. The highest BCUT2D eigenvalue weighted by molar-refractivity contribution is 5.78. The molecule has 0 spiro atoms. The monoisotopic (exact) mass is 296 g/mol. The van der Waals surface area contributed by atoms with Crippen LogP contribution in [0.4, 0.5) is 0 Å². The molecule has 2 atom stereocenters. The van der Waals surface area contributed by atoms with Crippen LogP contribution in [0.3, 0.4) is 0 Å². The molecule has 2 unspecified atom stereocenters. The third-order valence-electron chi connectivity index (χ3n) is 4.46. The first kappa shape index (κ1) is 14.8. The smallest absolute Gasteiger partial charge is 0.0723 e. The topological polar surface area (TPSA) is 34.6 Å². The Hall–Kier alpha value is -2.10. The van der Waals surface area contributed by atoms with Gasteiger partial charge in [-0.15, -0.1) is 0 Å². The van der Waals surface area contributed by atoms with E-state index in [1.165, 1.54) is 12.8 Å². The van der Waals surface area contributed by atoms with Crippen molar-refractivity contribution in [2.45, 2.75) is 37.8 Å². The zero-order valence-electron chi connectivity index (χ0n) is 13.4. The Kier molecular flexibility index (Phi) is 4.56. The van der Waals surface area contributed by atoms with E-state index in [4.69, 9.17) is 9.98 Å². The summed E-state index contributed by atoms with van der Waals surface area (Å²) in [5.74, 6) is 0. The van der Waals surface area contributed by atoms with E-state index < -0.39 is 0 Å². The maximum Gasteiger partial charge on any atom is 0.0723 e. The van der Waals surface area contributed by atoms with Crippen molar-refractivity contribution in [1.29, 1.82) is 0 Å². The average Bonchev–Trinajstić information content (AvgIpc) is 3.12. The molecule has 1 aliphatic rings. The van der Waals surface area contributed by atoms with E-state index in [9.17, 15) is 0 Å². The minimum Gasteiger partial charge on any atom is -0.350 e. The second-order valence-electron chi connectivity index (χ2n) is 6.06. The number of hydrogen-bond acceptors (Lipinski definition) is 2. The van der Waals surface area contributed by atoms with Gasteiger partial charge in [-0.3, -0.25) is 9.98 Å². The summed E-state index contributed by atoms with van der Waals surface area (Å²) in [5, 5.41) is 0. The molecule has 0 N–H and O–H groups in total. The SMILES string of the molecule is Cn1cccc1C=NC1CCCCC1N=Cc1cccn1C. The lowest BCUT2D eigenvalue weighted by atomic mass is 9.91. The Morgan fingerprint density at radius 2 is 1.32 bits per heavy atom. The van der Waals surface area contributed by atoms with Crippen LogP contribution in [0.15, 0.2) is 46.6 Å². The first-order chi connectivity index (χ1) is 10.7. The molecule has 0 amide bonds. The quantitative estimate of drug-likeness (QED) is 0.777. The zero-order chi connectivity index (χ0) is 15.4. The Balaban J connectivity index is 1.71. The first-order valence-corrected chi connectivity index (χ1v) is 8.03. The molecular weight excluding hydrogens is 272 g/mol. The van der Waals surface area contributed by atoms with E-state index in [2.05, 4.69) is 21.3 Å². The van der Waals surface area contributed by atoms with Gasteiger partial charge in [0, 0.05) is 38.9 Å². The highest BCUT2D eigenvalue weighted by atomic mass is 15.0. The summed E-state index contributed by atoms with van der Waals surface area (Å²) < 4.78 is 4.18. The summed E-state index contributed by atoms with van der Waals surface area (Å²) in [5.41, 5.74) is 2.30. The second-order valence-corrected chi connectivity index (χ2v) is 6.06. The van der Waals surface area contributed by atoms with Gasteiger partial charge < -0.3 is 9.13 Å². The van der Waals surface area contributed by atoms with E-state index in [1.807, 2.05) is 51.1 Å². The molecule has 22 heavy (non-hydrogen) atoms. The maximum absolute atomic E-state index is 4.82. The van der Waals surface area contributed by atoms with E-state index in [-0.39, 0.29) is 0 Å². The van der Waals surface area contributed by atoms with Gasteiger partial charge in [0.15, 0.2) is 0 Å². The minimum atomic E-state index is 0.306. The van der Waals surface area contributed by atoms with Crippen LogP contribution in [0.25, 0.3) is 0 Å². The average molecular weight is 296 g/mol. The molecule has 4 heteroatoms. The van der Waals surface area contributed by atoms with Crippen molar-refractivity contribution >= 4 is 12.4 Å². The fourth-order valence-corrected chi connectivity index (χ4v) is 3.00. The van der Waals surface area contributed by atoms with Crippen LogP contribution in [-0.4, -0.2) is 33.6 Å². The van der Waals surface area contributed by atoms with E-state index in [0.29, 0.717) is 12.1 Å². The molecule has 2 heterocycles. The molecule has 0 saturated heterocycles. The second kappa shape index (κ2) is 6.77. The molecule has 0 radical (unpaired) electrons. The molecule has 1 fully saturated rings. The van der Waals surface area contributed by atoms with Crippen molar-refractivity contribution in [3.05, 3.63) is 48.0 Å². The minimum absolute atomic E-state index is 0.306. The van der Waals surface area contributed by atoms with Crippen LogP contribution in [0.2, 0.25) is 0 Å². The molecule has 1 saturated carbocycles. The van der Waals surface area contributed by atoms with Gasteiger partial charge in [-0.25, -0.2) is 0 Å². The van der Waals surface area contributed by atoms with Gasteiger partial charge in [0.2, 0.25) is 0 Å². The lowest BCUT2D eigenvalue weighted by Crippen LogP contribution is -2.27. The fourth-order valence-electron chi connectivity index (χ4n) is 3.00. The largest absolute Gasteiger partial charge is 0.350 e. The molecule has 0 aromatic carbocycles. The van der Waals surface area contributed by atoms with E-state index in [1.54, 1.807) is 0 Å². The van der Waals surface area contributed by atoms with Gasteiger partial charge in [-0.05, 0) is 37.1 Å². The normalized spacial score (nSPS) is 22.8. The predicted octanol–water partition coefficient (Wildman–Crippen LogP) is 3.21. The number of aliphatic imine (C=N–C) groups is 2. The lowest BCUT2D eigenvalue weighted by Gasteiger charge is -2.25. The van der Waals surface area contributed by atoms with Gasteiger partial charge in [0.05, 0.1) is 23.5 Å². The van der Waals surface area contributed by atoms with Crippen LogP contribution in [0.1, 0.15) is 37.1 Å². The lowest BCUT2D eigenvalue weighted by molar-refractivity contribution is 0.390. The highest BCUT2D eigenvalue weighted by Crippen LogP contribution is 2.24. The van der Waals surface area contributed by atoms with Crippen molar-refractivity contribution in [2.75, 3.05) is 0 Å². The Bertz CT molecular complexity index is 604. The van der Waals surface area contributed by atoms with Crippen molar-refractivity contribution in [1.82, 2.24) is 9.13 Å². The number of hydrogen-bond donors (Lipinski definition) is 0. The van der Waals surface area contributed by atoms with Gasteiger partial charge in [0.25, 0.3) is 0 Å².